The van der Waals surface area contributed by atoms with Crippen molar-refractivity contribution >= 4 is 36.1 Å². The Bertz CT molecular complexity index is 1360. The summed E-state index contributed by atoms with van der Waals surface area (Å²) in [6.07, 6.45) is 16.5. The van der Waals surface area contributed by atoms with Crippen LogP contribution in [-0.4, -0.2) is 24.3 Å². The Morgan fingerprint density at radius 1 is 0.756 bits per heavy atom. The standard InChI is InChI=1S/C22H26N2Si.C15H15B/c1-2-3-4-11-18-25(20-24-17-16-23-19-24,21-12-7-5-8-13-21)22-14-9-6-10-15-22;1-3-7-13(8-4-1)16(15-11-12-15)14-9-5-2-6-10-14/h2-3,5-10,12-17,19H,4,11,18,20H2,1H3;1-10,15H,11-12H2. The van der Waals surface area contributed by atoms with Crippen molar-refractivity contribution in [2.24, 2.45) is 0 Å². The molecule has 5 aromatic rings. The van der Waals surface area contributed by atoms with Gasteiger partial charge in [-0.25, -0.2) is 4.98 Å². The smallest absolute Gasteiger partial charge is 0.212 e. The third kappa shape index (κ3) is 7.65. The summed E-state index contributed by atoms with van der Waals surface area (Å²) in [6, 6.07) is 45.3. The number of nitrogens with zero attached hydrogens (tertiary/aromatic N) is 2. The monoisotopic (exact) mass is 552 g/mol. The van der Waals surface area contributed by atoms with Crippen molar-refractivity contribution in [1.82, 2.24) is 9.55 Å². The van der Waals surface area contributed by atoms with E-state index in [1.165, 1.54) is 46.6 Å². The Labute approximate surface area is 247 Å². The molecule has 0 aliphatic heterocycles. The predicted octanol–water partition coefficient (Wildman–Crippen LogP) is 6.50. The molecule has 2 nitrogen and oxygen atoms in total. The molecule has 1 saturated carbocycles. The Balaban J connectivity index is 0.000000181. The van der Waals surface area contributed by atoms with Gasteiger partial charge in [-0.1, -0.05) is 180 Å². The minimum absolute atomic E-state index is 0.613. The van der Waals surface area contributed by atoms with Crippen molar-refractivity contribution in [3.63, 3.8) is 0 Å². The summed E-state index contributed by atoms with van der Waals surface area (Å²) in [5.74, 6) is 0.866. The summed E-state index contributed by atoms with van der Waals surface area (Å²) in [7, 11) is -1.91. The zero-order valence-corrected chi connectivity index (χ0v) is 25.2. The Hall–Kier alpha value is -3.89. The van der Waals surface area contributed by atoms with Crippen LogP contribution in [0.15, 0.2) is 152 Å². The van der Waals surface area contributed by atoms with Gasteiger partial charge in [0.05, 0.1) is 6.33 Å². The van der Waals surface area contributed by atoms with Crippen LogP contribution in [0, 0.1) is 0 Å². The topological polar surface area (TPSA) is 17.8 Å². The molecule has 6 rings (SSSR count). The molecule has 1 fully saturated rings. The first-order chi connectivity index (χ1) is 20.3. The molecule has 0 radical (unpaired) electrons. The molecule has 0 amide bonds. The average molecular weight is 553 g/mol. The van der Waals surface area contributed by atoms with Crippen molar-refractivity contribution in [2.75, 3.05) is 0 Å². The highest BCUT2D eigenvalue weighted by molar-refractivity contribution is 7.01. The van der Waals surface area contributed by atoms with E-state index in [2.05, 4.69) is 156 Å². The fourth-order valence-corrected chi connectivity index (χ4v) is 10.8. The molecule has 0 atom stereocenters. The number of benzene rings is 4. The SMILES string of the molecule is CC=CCCC[Si](Cn1ccnc1)(c1ccccc1)c1ccccc1.c1ccc(B(c2ccccc2)C2CC2)cc1. The number of allylic oxidation sites excluding steroid dienone is 2. The second-order valence-corrected chi connectivity index (χ2v) is 15.3. The zero-order chi connectivity index (χ0) is 28.2. The molecule has 0 bridgehead atoms. The van der Waals surface area contributed by atoms with E-state index in [4.69, 9.17) is 0 Å². The lowest BCUT2D eigenvalue weighted by atomic mass is 9.37. The summed E-state index contributed by atoms with van der Waals surface area (Å²) in [5, 5.41) is 3.02. The van der Waals surface area contributed by atoms with Crippen LogP contribution < -0.4 is 21.3 Å². The number of rotatable bonds is 11. The molecule has 41 heavy (non-hydrogen) atoms. The van der Waals surface area contributed by atoms with Crippen LogP contribution in [0.2, 0.25) is 11.9 Å². The Morgan fingerprint density at radius 2 is 1.27 bits per heavy atom. The van der Waals surface area contributed by atoms with Gasteiger partial charge in [0.2, 0.25) is 6.71 Å². The van der Waals surface area contributed by atoms with Crippen molar-refractivity contribution in [3.05, 3.63) is 152 Å². The number of hydrogen-bond acceptors (Lipinski definition) is 1. The molecule has 0 N–H and O–H groups in total. The van der Waals surface area contributed by atoms with Gasteiger partial charge in [0.15, 0.2) is 0 Å². The van der Waals surface area contributed by atoms with E-state index < -0.39 is 8.07 Å². The lowest BCUT2D eigenvalue weighted by Crippen LogP contribution is -2.61. The minimum Gasteiger partial charge on any atom is -0.340 e. The van der Waals surface area contributed by atoms with Crippen LogP contribution in [0.3, 0.4) is 0 Å². The molecule has 1 aromatic heterocycles. The Morgan fingerprint density at radius 3 is 1.71 bits per heavy atom. The molecule has 206 valence electrons. The van der Waals surface area contributed by atoms with Gasteiger partial charge in [0.1, 0.15) is 8.07 Å². The number of hydrogen-bond donors (Lipinski definition) is 0. The van der Waals surface area contributed by atoms with Crippen LogP contribution >= 0.6 is 0 Å². The van der Waals surface area contributed by atoms with Gasteiger partial charge in [-0.3, -0.25) is 0 Å². The molecule has 4 aromatic carbocycles. The fraction of sp³-hybridized carbons (Fsp3) is 0.216. The van der Waals surface area contributed by atoms with E-state index in [1.54, 1.807) is 0 Å². The molecule has 1 aliphatic carbocycles. The fourth-order valence-electron chi connectivity index (χ4n) is 6.10. The first-order valence-electron chi connectivity index (χ1n) is 15.1. The number of unbranched alkanes of at least 4 members (excludes halogenated alkanes) is 1. The van der Waals surface area contributed by atoms with Gasteiger partial charge < -0.3 is 4.57 Å². The maximum atomic E-state index is 4.28. The van der Waals surface area contributed by atoms with Crippen molar-refractivity contribution in [3.8, 4) is 0 Å². The van der Waals surface area contributed by atoms with E-state index >= 15 is 0 Å². The van der Waals surface area contributed by atoms with E-state index in [9.17, 15) is 0 Å². The molecule has 1 aliphatic rings. The summed E-state index contributed by atoms with van der Waals surface area (Å²) in [4.78, 5) is 4.28. The maximum Gasteiger partial charge on any atom is 0.212 e. The summed E-state index contributed by atoms with van der Waals surface area (Å²) >= 11 is 0. The molecule has 0 spiro atoms. The highest BCUT2D eigenvalue weighted by atomic mass is 28.3. The van der Waals surface area contributed by atoms with Crippen molar-refractivity contribution < 1.29 is 0 Å². The van der Waals surface area contributed by atoms with Gasteiger partial charge in [-0.2, -0.15) is 0 Å². The second kappa shape index (κ2) is 14.7. The average Bonchev–Trinajstić information content (AvgIpc) is 3.74. The van der Waals surface area contributed by atoms with Crippen LogP contribution in [0.5, 0.6) is 0 Å². The first-order valence-corrected chi connectivity index (χ1v) is 17.5. The van der Waals surface area contributed by atoms with Gasteiger partial charge in [0, 0.05) is 18.6 Å². The molecule has 0 saturated heterocycles. The minimum atomic E-state index is -1.91. The summed E-state index contributed by atoms with van der Waals surface area (Å²) < 4.78 is 2.27. The number of imidazole rings is 1. The first kappa shape index (κ1) is 28.6. The summed E-state index contributed by atoms with van der Waals surface area (Å²) in [5.41, 5.74) is 2.94. The maximum absolute atomic E-state index is 4.28. The second-order valence-electron chi connectivity index (χ2n) is 11.1. The lowest BCUT2D eigenvalue weighted by molar-refractivity contribution is 0.834. The van der Waals surface area contributed by atoms with Crippen LogP contribution in [0.1, 0.15) is 32.6 Å². The van der Waals surface area contributed by atoms with E-state index in [0.717, 1.165) is 18.4 Å². The predicted molar refractivity (Wildman–Crippen MR) is 180 cm³/mol. The van der Waals surface area contributed by atoms with Crippen molar-refractivity contribution in [1.29, 1.82) is 0 Å². The van der Waals surface area contributed by atoms with Gasteiger partial charge in [-0.05, 0) is 19.4 Å². The van der Waals surface area contributed by atoms with Gasteiger partial charge in [0.25, 0.3) is 0 Å². The lowest BCUT2D eigenvalue weighted by Gasteiger charge is -2.33. The van der Waals surface area contributed by atoms with Gasteiger partial charge >= 0.3 is 0 Å². The highest BCUT2D eigenvalue weighted by Gasteiger charge is 2.37. The molecular weight excluding hydrogens is 511 g/mol. The van der Waals surface area contributed by atoms with Crippen LogP contribution in [0.25, 0.3) is 0 Å². The van der Waals surface area contributed by atoms with E-state index in [0.29, 0.717) is 6.71 Å². The van der Waals surface area contributed by atoms with Crippen LogP contribution in [0.4, 0.5) is 0 Å². The molecular formula is C37H41BN2Si. The quantitative estimate of drug-likeness (QED) is 0.104. The number of aromatic nitrogens is 2. The van der Waals surface area contributed by atoms with E-state index in [-0.39, 0.29) is 0 Å². The van der Waals surface area contributed by atoms with Crippen LogP contribution in [-0.2, 0) is 6.17 Å². The zero-order valence-electron chi connectivity index (χ0n) is 24.2. The molecule has 0 unspecified atom stereocenters. The normalized spacial score (nSPS) is 13.0. The van der Waals surface area contributed by atoms with Crippen molar-refractivity contribution in [2.45, 2.75) is 50.6 Å². The third-order valence-electron chi connectivity index (χ3n) is 8.29. The van der Waals surface area contributed by atoms with E-state index in [1.807, 2.05) is 12.5 Å². The third-order valence-corrected chi connectivity index (χ3v) is 13.3. The van der Waals surface area contributed by atoms with Gasteiger partial charge in [-0.15, -0.1) is 0 Å². The molecule has 4 heteroatoms. The summed E-state index contributed by atoms with van der Waals surface area (Å²) in [6.45, 7) is 2.72. The largest absolute Gasteiger partial charge is 0.340 e. The highest BCUT2D eigenvalue weighted by Crippen LogP contribution is 2.38. The molecule has 1 heterocycles. The Kier molecular flexibility index (Phi) is 10.2.